The molecule has 32 heavy (non-hydrogen) atoms. The van der Waals surface area contributed by atoms with Crippen molar-refractivity contribution in [1.29, 1.82) is 0 Å². The summed E-state index contributed by atoms with van der Waals surface area (Å²) in [5.74, 6) is -0.355. The number of methoxy groups -OCH3 is 2. The Balaban J connectivity index is 1.70. The summed E-state index contributed by atoms with van der Waals surface area (Å²) in [4.78, 5) is 24.7. The molecule has 2 aromatic rings. The highest BCUT2D eigenvalue weighted by atomic mass is 32.2. The molecular weight excluding hydrogens is 434 g/mol. The van der Waals surface area contributed by atoms with E-state index in [-0.39, 0.29) is 22.9 Å². The Morgan fingerprint density at radius 2 is 1.66 bits per heavy atom. The van der Waals surface area contributed by atoms with Crippen LogP contribution in [-0.4, -0.2) is 58.4 Å². The first-order valence-corrected chi connectivity index (χ1v) is 11.7. The van der Waals surface area contributed by atoms with Crippen molar-refractivity contribution in [2.45, 2.75) is 24.2 Å². The first kappa shape index (κ1) is 23.6. The van der Waals surface area contributed by atoms with Gasteiger partial charge in [-0.2, -0.15) is 4.31 Å². The van der Waals surface area contributed by atoms with Gasteiger partial charge in [0, 0.05) is 18.8 Å². The second-order valence-corrected chi connectivity index (χ2v) is 9.17. The molecule has 1 aliphatic heterocycles. The molecule has 3 rings (SSSR count). The fourth-order valence-corrected chi connectivity index (χ4v) is 5.19. The molecule has 1 heterocycles. The minimum absolute atomic E-state index is 0.00208. The van der Waals surface area contributed by atoms with Crippen LogP contribution in [0, 0.1) is 0 Å². The van der Waals surface area contributed by atoms with Crippen LogP contribution in [0.25, 0.3) is 0 Å². The number of nitrogens with zero attached hydrogens (tertiary/aromatic N) is 1. The summed E-state index contributed by atoms with van der Waals surface area (Å²) < 4.78 is 38.0. The summed E-state index contributed by atoms with van der Waals surface area (Å²) in [7, 11) is -0.904. The normalized spacial score (nSPS) is 14.4. The van der Waals surface area contributed by atoms with E-state index in [4.69, 9.17) is 9.47 Å². The predicted molar refractivity (Wildman–Crippen MR) is 120 cm³/mol. The Kier molecular flexibility index (Phi) is 7.70. The van der Waals surface area contributed by atoms with Gasteiger partial charge in [0.25, 0.3) is 5.91 Å². The van der Waals surface area contributed by atoms with E-state index in [0.717, 1.165) is 19.3 Å². The second kappa shape index (κ2) is 10.5. The third kappa shape index (κ3) is 5.38. The summed E-state index contributed by atoms with van der Waals surface area (Å²) >= 11 is 0. The second-order valence-electron chi connectivity index (χ2n) is 7.26. The van der Waals surface area contributed by atoms with Gasteiger partial charge in [-0.25, -0.2) is 8.42 Å². The van der Waals surface area contributed by atoms with Gasteiger partial charge in [0.15, 0.2) is 0 Å². The van der Waals surface area contributed by atoms with Crippen molar-refractivity contribution in [3.05, 3.63) is 48.0 Å². The zero-order valence-electron chi connectivity index (χ0n) is 18.1. The van der Waals surface area contributed by atoms with Crippen LogP contribution >= 0.6 is 0 Å². The number of ether oxygens (including phenoxy) is 2. The lowest BCUT2D eigenvalue weighted by atomic mass is 10.2. The van der Waals surface area contributed by atoms with Gasteiger partial charge < -0.3 is 20.1 Å². The monoisotopic (exact) mass is 461 g/mol. The van der Waals surface area contributed by atoms with Crippen LogP contribution in [-0.2, 0) is 14.8 Å². The van der Waals surface area contributed by atoms with Gasteiger partial charge >= 0.3 is 0 Å². The molecule has 2 aromatic carbocycles. The molecule has 0 unspecified atom stereocenters. The predicted octanol–water partition coefficient (Wildman–Crippen LogP) is 2.25. The molecular formula is C22H27N3O6S. The van der Waals surface area contributed by atoms with Crippen molar-refractivity contribution in [3.8, 4) is 11.5 Å². The Labute approximate surface area is 187 Å². The molecule has 1 aliphatic rings. The quantitative estimate of drug-likeness (QED) is 0.623. The molecule has 0 aromatic heterocycles. The molecule has 0 atom stereocenters. The number of hydrogen-bond acceptors (Lipinski definition) is 6. The Morgan fingerprint density at radius 3 is 2.34 bits per heavy atom. The third-order valence-electron chi connectivity index (χ3n) is 5.14. The average molecular weight is 462 g/mol. The van der Waals surface area contributed by atoms with E-state index >= 15 is 0 Å². The number of hydrogen-bond donors (Lipinski definition) is 2. The number of rotatable bonds is 8. The molecule has 9 nitrogen and oxygen atoms in total. The van der Waals surface area contributed by atoms with Crippen LogP contribution in [0.4, 0.5) is 5.69 Å². The highest BCUT2D eigenvalue weighted by Gasteiger charge is 2.29. The maximum atomic E-state index is 13.1. The zero-order chi connectivity index (χ0) is 23.1. The van der Waals surface area contributed by atoms with E-state index in [1.165, 1.54) is 30.7 Å². The number of carbonyl (C=O) groups is 2. The van der Waals surface area contributed by atoms with Crippen LogP contribution < -0.4 is 20.1 Å². The lowest BCUT2D eigenvalue weighted by Gasteiger charge is -2.26. The summed E-state index contributed by atoms with van der Waals surface area (Å²) in [6, 6.07) is 11.1. The highest BCUT2D eigenvalue weighted by molar-refractivity contribution is 7.89. The summed E-state index contributed by atoms with van der Waals surface area (Å²) in [6.45, 7) is 0.616. The number of para-hydroxylation sites is 1. The van der Waals surface area contributed by atoms with Gasteiger partial charge in [-0.05, 0) is 43.2 Å². The molecule has 172 valence electrons. The van der Waals surface area contributed by atoms with E-state index in [0.29, 0.717) is 24.4 Å². The molecule has 2 amide bonds. The van der Waals surface area contributed by atoms with Gasteiger partial charge in [0.05, 0.1) is 26.3 Å². The average Bonchev–Trinajstić information content (AvgIpc) is 2.83. The maximum absolute atomic E-state index is 13.1. The van der Waals surface area contributed by atoms with Crippen molar-refractivity contribution in [3.63, 3.8) is 0 Å². The molecule has 0 bridgehead atoms. The number of sulfonamides is 1. The summed E-state index contributed by atoms with van der Waals surface area (Å²) in [5.41, 5.74) is 0.597. The highest BCUT2D eigenvalue weighted by Crippen LogP contribution is 2.31. The van der Waals surface area contributed by atoms with Crippen molar-refractivity contribution < 1.29 is 27.5 Å². The lowest BCUT2D eigenvalue weighted by molar-refractivity contribution is -0.115. The Bertz CT molecular complexity index is 1080. The van der Waals surface area contributed by atoms with Crippen molar-refractivity contribution in [2.75, 3.05) is 39.2 Å². The van der Waals surface area contributed by atoms with Gasteiger partial charge in [0.2, 0.25) is 15.9 Å². The van der Waals surface area contributed by atoms with Crippen LogP contribution in [0.1, 0.15) is 29.6 Å². The number of amides is 2. The van der Waals surface area contributed by atoms with Crippen LogP contribution in [0.15, 0.2) is 47.4 Å². The molecule has 1 fully saturated rings. The lowest BCUT2D eigenvalue weighted by Crippen LogP contribution is -2.36. The first-order valence-electron chi connectivity index (χ1n) is 10.3. The van der Waals surface area contributed by atoms with Gasteiger partial charge in [-0.3, -0.25) is 9.59 Å². The van der Waals surface area contributed by atoms with E-state index < -0.39 is 21.8 Å². The molecule has 10 heteroatoms. The Hall–Kier alpha value is -3.11. The number of benzene rings is 2. The van der Waals surface area contributed by atoms with Gasteiger partial charge in [-0.15, -0.1) is 0 Å². The summed E-state index contributed by atoms with van der Waals surface area (Å²) in [5, 5.41) is 5.15. The van der Waals surface area contributed by atoms with Gasteiger partial charge in [-0.1, -0.05) is 18.6 Å². The first-order chi connectivity index (χ1) is 15.4. The van der Waals surface area contributed by atoms with E-state index in [1.807, 2.05) is 0 Å². The van der Waals surface area contributed by atoms with E-state index in [9.17, 15) is 18.0 Å². The van der Waals surface area contributed by atoms with E-state index in [2.05, 4.69) is 10.6 Å². The SMILES string of the molecule is COc1ccccc1C(=O)NCC(=O)Nc1ccc(OC)c(S(=O)(=O)N2CCCCC2)c1. The molecule has 1 saturated heterocycles. The summed E-state index contributed by atoms with van der Waals surface area (Å²) in [6.07, 6.45) is 2.62. The number of piperidine rings is 1. The maximum Gasteiger partial charge on any atom is 0.255 e. The molecule has 0 aliphatic carbocycles. The number of nitrogens with one attached hydrogen (secondary N) is 2. The minimum Gasteiger partial charge on any atom is -0.496 e. The Morgan fingerprint density at radius 1 is 0.969 bits per heavy atom. The standard InChI is InChI=1S/C22H27N3O6S/c1-30-18-9-5-4-8-17(18)22(27)23-15-21(26)24-16-10-11-19(31-2)20(14-16)32(28,29)25-12-6-3-7-13-25/h4-5,8-11,14H,3,6-7,12-13,15H2,1-2H3,(H,23,27)(H,24,26). The topological polar surface area (TPSA) is 114 Å². The fraction of sp³-hybridized carbons (Fsp3) is 0.364. The van der Waals surface area contributed by atoms with Gasteiger partial charge in [0.1, 0.15) is 16.4 Å². The van der Waals surface area contributed by atoms with Crippen molar-refractivity contribution >= 4 is 27.5 Å². The molecule has 0 saturated carbocycles. The van der Waals surface area contributed by atoms with Crippen molar-refractivity contribution in [1.82, 2.24) is 9.62 Å². The third-order valence-corrected chi connectivity index (χ3v) is 7.06. The van der Waals surface area contributed by atoms with Crippen molar-refractivity contribution in [2.24, 2.45) is 0 Å². The smallest absolute Gasteiger partial charge is 0.255 e. The minimum atomic E-state index is -3.76. The molecule has 2 N–H and O–H groups in total. The van der Waals surface area contributed by atoms with E-state index in [1.54, 1.807) is 30.3 Å². The fourth-order valence-electron chi connectivity index (χ4n) is 3.49. The number of carbonyl (C=O) groups excluding carboxylic acids is 2. The van der Waals surface area contributed by atoms with Crippen LogP contribution in [0.5, 0.6) is 11.5 Å². The van der Waals surface area contributed by atoms with Crippen LogP contribution in [0.3, 0.4) is 0 Å². The molecule has 0 radical (unpaired) electrons. The largest absolute Gasteiger partial charge is 0.496 e. The number of anilines is 1. The molecule has 0 spiro atoms. The zero-order valence-corrected chi connectivity index (χ0v) is 18.9. The van der Waals surface area contributed by atoms with Crippen LogP contribution in [0.2, 0.25) is 0 Å².